The number of nitrogens with zero attached hydrogens (tertiary/aromatic N) is 1. The van der Waals surface area contributed by atoms with Gasteiger partial charge in [-0.25, -0.2) is 4.39 Å². The van der Waals surface area contributed by atoms with E-state index in [1.165, 1.54) is 43.5 Å². The highest BCUT2D eigenvalue weighted by molar-refractivity contribution is 6.05. The number of anilines is 1. The molecule has 0 radical (unpaired) electrons. The predicted molar refractivity (Wildman–Crippen MR) is 91.4 cm³/mol. The minimum absolute atomic E-state index is 0.0604. The van der Waals surface area contributed by atoms with Crippen LogP contribution in [0.15, 0.2) is 53.1 Å². The smallest absolute Gasteiger partial charge is 0.277 e. The van der Waals surface area contributed by atoms with Crippen LogP contribution >= 0.6 is 0 Å². The lowest BCUT2D eigenvalue weighted by atomic mass is 10.1. The average Bonchev–Trinajstić information content (AvgIpc) is 3.12. The molecule has 3 N–H and O–H groups in total. The number of halogens is 1. The second kappa shape index (κ2) is 7.06. The van der Waals surface area contributed by atoms with Crippen molar-refractivity contribution in [2.75, 3.05) is 12.4 Å². The van der Waals surface area contributed by atoms with Gasteiger partial charge in [-0.3, -0.25) is 9.59 Å². The lowest BCUT2D eigenvalue weighted by Crippen LogP contribution is -2.15. The molecule has 132 valence electrons. The number of ether oxygens (including phenoxy) is 1. The fourth-order valence-electron chi connectivity index (χ4n) is 2.32. The van der Waals surface area contributed by atoms with Gasteiger partial charge >= 0.3 is 0 Å². The molecule has 1 aromatic heterocycles. The number of nitrogens with two attached hydrogens (primary N) is 1. The van der Waals surface area contributed by atoms with E-state index in [2.05, 4.69) is 10.5 Å². The van der Waals surface area contributed by atoms with Crippen molar-refractivity contribution in [2.45, 2.75) is 0 Å². The Morgan fingerprint density at radius 1 is 1.19 bits per heavy atom. The molecule has 7 nitrogen and oxygen atoms in total. The van der Waals surface area contributed by atoms with E-state index in [9.17, 15) is 14.0 Å². The minimum atomic E-state index is -0.647. The molecule has 2 aromatic carbocycles. The maximum Gasteiger partial charge on any atom is 0.277 e. The minimum Gasteiger partial charge on any atom is -0.495 e. The molecule has 26 heavy (non-hydrogen) atoms. The number of benzene rings is 2. The summed E-state index contributed by atoms with van der Waals surface area (Å²) in [6.45, 7) is 0. The predicted octanol–water partition coefficient (Wildman–Crippen LogP) is 2.84. The lowest BCUT2D eigenvalue weighted by Gasteiger charge is -2.10. The van der Waals surface area contributed by atoms with E-state index in [0.717, 1.165) is 0 Å². The molecule has 2 amide bonds. The number of rotatable bonds is 5. The fourth-order valence-corrected chi connectivity index (χ4v) is 2.32. The Kier molecular flexibility index (Phi) is 4.66. The lowest BCUT2D eigenvalue weighted by molar-refractivity contribution is 0.0994. The Hall–Kier alpha value is -3.68. The third-order valence-electron chi connectivity index (χ3n) is 3.61. The van der Waals surface area contributed by atoms with E-state index in [4.69, 9.17) is 15.0 Å². The molecular formula is C18H14FN3O4. The van der Waals surface area contributed by atoms with Gasteiger partial charge in [-0.2, -0.15) is 0 Å². The van der Waals surface area contributed by atoms with Crippen LogP contribution in [0.2, 0.25) is 0 Å². The zero-order valence-electron chi connectivity index (χ0n) is 13.7. The molecule has 1 heterocycles. The SMILES string of the molecule is COc1ccc(C(N)=O)cc1NC(=O)c1cc(-c2ccccc2F)on1. The number of nitrogens with one attached hydrogen (secondary N) is 1. The van der Waals surface area contributed by atoms with Gasteiger partial charge in [-0.05, 0) is 30.3 Å². The zero-order chi connectivity index (χ0) is 18.7. The van der Waals surface area contributed by atoms with Crippen molar-refractivity contribution >= 4 is 17.5 Å². The third kappa shape index (κ3) is 3.39. The monoisotopic (exact) mass is 355 g/mol. The first kappa shape index (κ1) is 17.2. The molecule has 0 atom stereocenters. The Morgan fingerprint density at radius 3 is 2.65 bits per heavy atom. The summed E-state index contributed by atoms with van der Waals surface area (Å²) in [4.78, 5) is 23.7. The molecule has 0 saturated heterocycles. The van der Waals surface area contributed by atoms with E-state index < -0.39 is 17.6 Å². The highest BCUT2D eigenvalue weighted by Gasteiger charge is 2.18. The number of hydrogen-bond acceptors (Lipinski definition) is 5. The summed E-state index contributed by atoms with van der Waals surface area (Å²) in [6, 6.07) is 11.7. The molecule has 0 spiro atoms. The molecule has 0 aliphatic rings. The number of methoxy groups -OCH3 is 1. The standard InChI is InChI=1S/C18H14FN3O4/c1-25-15-7-6-10(17(20)23)8-13(15)21-18(24)14-9-16(26-22-14)11-4-2-3-5-12(11)19/h2-9H,1H3,(H2,20,23)(H,21,24). The van der Waals surface area contributed by atoms with Gasteiger partial charge in [0.05, 0.1) is 18.4 Å². The van der Waals surface area contributed by atoms with E-state index in [-0.39, 0.29) is 28.3 Å². The maximum atomic E-state index is 13.8. The fraction of sp³-hybridized carbons (Fsp3) is 0.0556. The van der Waals surface area contributed by atoms with Crippen molar-refractivity contribution in [3.8, 4) is 17.1 Å². The van der Waals surface area contributed by atoms with E-state index in [1.807, 2.05) is 0 Å². The van der Waals surface area contributed by atoms with E-state index in [0.29, 0.717) is 5.75 Å². The molecule has 0 saturated carbocycles. The number of carbonyl (C=O) groups excluding carboxylic acids is 2. The highest BCUT2D eigenvalue weighted by Crippen LogP contribution is 2.27. The van der Waals surface area contributed by atoms with Crippen LogP contribution in [0.25, 0.3) is 11.3 Å². The van der Waals surface area contributed by atoms with Crippen LogP contribution in [0.5, 0.6) is 5.75 Å². The quantitative estimate of drug-likeness (QED) is 0.732. The molecule has 0 unspecified atom stereocenters. The summed E-state index contributed by atoms with van der Waals surface area (Å²) in [5, 5.41) is 6.22. The summed E-state index contributed by atoms with van der Waals surface area (Å²) in [5.41, 5.74) is 5.81. The first-order valence-electron chi connectivity index (χ1n) is 7.50. The van der Waals surface area contributed by atoms with Crippen LogP contribution in [0.3, 0.4) is 0 Å². The summed E-state index contributed by atoms with van der Waals surface area (Å²) in [5.74, 6) is -1.30. The normalized spacial score (nSPS) is 10.4. The molecular weight excluding hydrogens is 341 g/mol. The van der Waals surface area contributed by atoms with Crippen LogP contribution in [0.4, 0.5) is 10.1 Å². The average molecular weight is 355 g/mol. The molecule has 0 bridgehead atoms. The van der Waals surface area contributed by atoms with Crippen molar-refractivity contribution in [3.05, 3.63) is 65.6 Å². The van der Waals surface area contributed by atoms with Crippen molar-refractivity contribution < 1.29 is 23.2 Å². The molecule has 0 aliphatic heterocycles. The summed E-state index contributed by atoms with van der Waals surface area (Å²) in [6.07, 6.45) is 0. The van der Waals surface area contributed by atoms with Gasteiger partial charge in [0.1, 0.15) is 11.6 Å². The Morgan fingerprint density at radius 2 is 1.96 bits per heavy atom. The maximum absolute atomic E-state index is 13.8. The topological polar surface area (TPSA) is 107 Å². The van der Waals surface area contributed by atoms with Gasteiger partial charge in [0, 0.05) is 11.6 Å². The Bertz CT molecular complexity index is 984. The van der Waals surface area contributed by atoms with Crippen LogP contribution in [0, 0.1) is 5.82 Å². The molecule has 0 fully saturated rings. The number of hydrogen-bond donors (Lipinski definition) is 2. The molecule has 8 heteroatoms. The van der Waals surface area contributed by atoms with Gasteiger partial charge in [0.2, 0.25) is 5.91 Å². The number of carbonyl (C=O) groups is 2. The first-order valence-corrected chi connectivity index (χ1v) is 7.50. The van der Waals surface area contributed by atoms with Crippen LogP contribution in [0.1, 0.15) is 20.8 Å². The molecule has 3 aromatic rings. The van der Waals surface area contributed by atoms with Crippen molar-refractivity contribution in [2.24, 2.45) is 5.73 Å². The second-order valence-electron chi connectivity index (χ2n) is 5.29. The van der Waals surface area contributed by atoms with Crippen LogP contribution in [-0.4, -0.2) is 24.1 Å². The molecule has 0 aliphatic carbocycles. The number of primary amides is 1. The zero-order valence-corrected chi connectivity index (χ0v) is 13.7. The van der Waals surface area contributed by atoms with Crippen molar-refractivity contribution in [3.63, 3.8) is 0 Å². The van der Waals surface area contributed by atoms with Gasteiger partial charge in [0.15, 0.2) is 11.5 Å². The highest BCUT2D eigenvalue weighted by atomic mass is 19.1. The summed E-state index contributed by atoms with van der Waals surface area (Å²) in [7, 11) is 1.42. The van der Waals surface area contributed by atoms with Gasteiger partial charge in [-0.1, -0.05) is 17.3 Å². The van der Waals surface area contributed by atoms with Crippen molar-refractivity contribution in [1.82, 2.24) is 5.16 Å². The van der Waals surface area contributed by atoms with Crippen LogP contribution in [-0.2, 0) is 0 Å². The molecule has 3 rings (SSSR count). The van der Waals surface area contributed by atoms with Gasteiger partial charge < -0.3 is 20.3 Å². The van der Waals surface area contributed by atoms with Crippen LogP contribution < -0.4 is 15.8 Å². The number of amides is 2. The van der Waals surface area contributed by atoms with Gasteiger partial charge in [0.25, 0.3) is 5.91 Å². The Balaban J connectivity index is 1.86. The van der Waals surface area contributed by atoms with Gasteiger partial charge in [-0.15, -0.1) is 0 Å². The summed E-state index contributed by atoms with van der Waals surface area (Å²) >= 11 is 0. The van der Waals surface area contributed by atoms with E-state index in [1.54, 1.807) is 12.1 Å². The largest absolute Gasteiger partial charge is 0.495 e. The second-order valence-corrected chi connectivity index (χ2v) is 5.29. The van der Waals surface area contributed by atoms with E-state index >= 15 is 0 Å². The summed E-state index contributed by atoms with van der Waals surface area (Å²) < 4.78 is 24.0. The number of aromatic nitrogens is 1. The third-order valence-corrected chi connectivity index (χ3v) is 3.61. The first-order chi connectivity index (χ1) is 12.5. The van der Waals surface area contributed by atoms with Crippen molar-refractivity contribution in [1.29, 1.82) is 0 Å². The Labute approximate surface area is 147 Å².